The quantitative estimate of drug-likeness (QED) is 0.597. The van der Waals surface area contributed by atoms with Gasteiger partial charge in [0.05, 0.1) is 0 Å². The van der Waals surface area contributed by atoms with Gasteiger partial charge in [-0.2, -0.15) is 0 Å². The van der Waals surface area contributed by atoms with Gasteiger partial charge in [-0.15, -0.1) is 0 Å². The molecule has 0 fully saturated rings. The summed E-state index contributed by atoms with van der Waals surface area (Å²) in [6, 6.07) is 10.9. The average molecular weight is 227 g/mol. The molecule has 0 bridgehead atoms. The SMILES string of the molecule is Cc1[c]cccc1.[Cl][Zn][Cl]. The molecule has 0 aliphatic carbocycles. The summed E-state index contributed by atoms with van der Waals surface area (Å²) in [5, 5.41) is 0. The van der Waals surface area contributed by atoms with Crippen LogP contribution in [0.5, 0.6) is 0 Å². The van der Waals surface area contributed by atoms with Crippen molar-refractivity contribution in [3.63, 3.8) is 0 Å². The number of rotatable bonds is 0. The van der Waals surface area contributed by atoms with Crippen molar-refractivity contribution in [2.75, 3.05) is 0 Å². The molecule has 0 amide bonds. The third-order valence-corrected chi connectivity index (χ3v) is 0.865. The normalized spacial score (nSPS) is 7.10. The molecule has 0 saturated heterocycles. The van der Waals surface area contributed by atoms with Gasteiger partial charge in [0.15, 0.2) is 0 Å². The fourth-order valence-corrected chi connectivity index (χ4v) is 0.483. The first-order chi connectivity index (χ1) is 4.81. The van der Waals surface area contributed by atoms with Gasteiger partial charge in [-0.25, -0.2) is 0 Å². The topological polar surface area (TPSA) is 0 Å². The molecule has 1 aromatic carbocycles. The van der Waals surface area contributed by atoms with Gasteiger partial charge in [0.25, 0.3) is 0 Å². The predicted molar refractivity (Wildman–Crippen MR) is 41.7 cm³/mol. The monoisotopic (exact) mass is 225 g/mol. The van der Waals surface area contributed by atoms with E-state index in [1.165, 1.54) is 5.56 Å². The molecule has 10 heavy (non-hydrogen) atoms. The van der Waals surface area contributed by atoms with E-state index in [0.29, 0.717) is 0 Å². The zero-order valence-electron chi connectivity index (χ0n) is 5.77. The molecule has 1 rings (SSSR count). The Kier molecular flexibility index (Phi) is 7.85. The Morgan fingerprint density at radius 2 is 2.00 bits per heavy atom. The molecule has 0 unspecified atom stereocenters. The maximum atomic E-state index is 4.95. The third kappa shape index (κ3) is 6.54. The number of benzene rings is 1. The van der Waals surface area contributed by atoms with E-state index in [-0.39, 0.29) is 0 Å². The van der Waals surface area contributed by atoms with Crippen LogP contribution in [0.1, 0.15) is 5.56 Å². The first-order valence-electron chi connectivity index (χ1n) is 2.86. The summed E-state index contributed by atoms with van der Waals surface area (Å²) < 4.78 is 0. The third-order valence-electron chi connectivity index (χ3n) is 0.865. The van der Waals surface area contributed by atoms with Crippen LogP contribution in [0.4, 0.5) is 0 Å². The van der Waals surface area contributed by atoms with E-state index in [9.17, 15) is 0 Å². The van der Waals surface area contributed by atoms with E-state index in [0.717, 1.165) is 0 Å². The summed E-state index contributed by atoms with van der Waals surface area (Å²) in [5.74, 6) is 0. The summed E-state index contributed by atoms with van der Waals surface area (Å²) in [6.07, 6.45) is 0. The first kappa shape index (κ1) is 10.4. The van der Waals surface area contributed by atoms with E-state index in [1.54, 1.807) is 0 Å². The predicted octanol–water partition coefficient (Wildman–Crippen LogP) is 3.17. The van der Waals surface area contributed by atoms with Crippen molar-refractivity contribution in [2.45, 2.75) is 6.92 Å². The van der Waals surface area contributed by atoms with Crippen molar-refractivity contribution in [3.8, 4) is 0 Å². The minimum atomic E-state index is -0.931. The zero-order chi connectivity index (χ0) is 7.82. The van der Waals surface area contributed by atoms with Gasteiger partial charge in [-0.1, -0.05) is 24.3 Å². The van der Waals surface area contributed by atoms with Crippen LogP contribution in [0, 0.1) is 13.0 Å². The summed E-state index contributed by atoms with van der Waals surface area (Å²) in [4.78, 5) is 0. The van der Waals surface area contributed by atoms with Gasteiger partial charge in [-0.3, -0.25) is 0 Å². The van der Waals surface area contributed by atoms with Crippen molar-refractivity contribution in [1.82, 2.24) is 0 Å². The van der Waals surface area contributed by atoms with Crippen molar-refractivity contribution in [3.05, 3.63) is 35.9 Å². The number of hydrogen-bond donors (Lipinski definition) is 0. The Hall–Kier alpha value is 0.423. The molecule has 0 spiro atoms. The van der Waals surface area contributed by atoms with E-state index < -0.39 is 15.1 Å². The van der Waals surface area contributed by atoms with Crippen LogP contribution in [0.3, 0.4) is 0 Å². The molecule has 0 saturated carbocycles. The second kappa shape index (κ2) is 7.53. The molecule has 0 aromatic heterocycles. The molecule has 0 aliphatic rings. The average Bonchev–Trinajstić information content (AvgIpc) is 1.91. The van der Waals surface area contributed by atoms with Crippen LogP contribution in [-0.4, -0.2) is 0 Å². The molecule has 0 heterocycles. The molecular formula is C7H7Cl2Zn. The molecular weight excluding hydrogens is 220 g/mol. The van der Waals surface area contributed by atoms with Gasteiger partial charge in [0.1, 0.15) is 0 Å². The molecule has 0 nitrogen and oxygen atoms in total. The standard InChI is InChI=1S/C7H7.2ClH.Zn/c1-7-5-3-2-4-6-7;;;/h2-5H,1H3;2*1H;/q;;;+2/p-2. The van der Waals surface area contributed by atoms with E-state index in [1.807, 2.05) is 31.2 Å². The Morgan fingerprint density at radius 1 is 1.40 bits per heavy atom. The van der Waals surface area contributed by atoms with Crippen LogP contribution in [0.25, 0.3) is 0 Å². The zero-order valence-corrected chi connectivity index (χ0v) is 10.3. The number of hydrogen-bond acceptors (Lipinski definition) is 0. The van der Waals surface area contributed by atoms with Crippen LogP contribution in [0.15, 0.2) is 24.3 Å². The van der Waals surface area contributed by atoms with Crippen LogP contribution in [0.2, 0.25) is 0 Å². The van der Waals surface area contributed by atoms with Gasteiger partial charge >= 0.3 is 34.5 Å². The van der Waals surface area contributed by atoms with E-state index in [4.69, 9.17) is 19.4 Å². The molecule has 51 valence electrons. The van der Waals surface area contributed by atoms with Crippen molar-refractivity contribution < 1.29 is 15.1 Å². The Bertz CT molecular complexity index is 153. The van der Waals surface area contributed by atoms with Crippen molar-refractivity contribution in [1.29, 1.82) is 0 Å². The number of aryl methyl sites for hydroxylation is 1. The maximum absolute atomic E-state index is 4.95. The fraction of sp³-hybridized carbons (Fsp3) is 0.143. The fourth-order valence-electron chi connectivity index (χ4n) is 0.483. The first-order valence-corrected chi connectivity index (χ1v) is 10.7. The van der Waals surface area contributed by atoms with Gasteiger partial charge in [0.2, 0.25) is 0 Å². The van der Waals surface area contributed by atoms with Crippen LogP contribution >= 0.6 is 19.4 Å². The summed E-state index contributed by atoms with van der Waals surface area (Å²) >= 11 is -0.931. The molecule has 3 heteroatoms. The van der Waals surface area contributed by atoms with E-state index >= 15 is 0 Å². The molecule has 0 atom stereocenters. The van der Waals surface area contributed by atoms with Gasteiger partial charge < -0.3 is 0 Å². The van der Waals surface area contributed by atoms with Crippen LogP contribution in [-0.2, 0) is 15.1 Å². The van der Waals surface area contributed by atoms with Crippen molar-refractivity contribution in [2.24, 2.45) is 0 Å². The van der Waals surface area contributed by atoms with Gasteiger partial charge in [-0.05, 0) is 18.6 Å². The van der Waals surface area contributed by atoms with Crippen molar-refractivity contribution >= 4 is 19.4 Å². The molecule has 0 aliphatic heterocycles. The molecule has 0 N–H and O–H groups in total. The summed E-state index contributed by atoms with van der Waals surface area (Å²) in [7, 11) is 9.90. The molecule has 1 radical (unpaired) electrons. The second-order valence-corrected chi connectivity index (χ2v) is 6.27. The number of halogens is 2. The minimum absolute atomic E-state index is 0.931. The molecule has 1 aromatic rings. The summed E-state index contributed by atoms with van der Waals surface area (Å²) in [6.45, 7) is 2.03. The van der Waals surface area contributed by atoms with Gasteiger partial charge in [0, 0.05) is 0 Å². The second-order valence-electron chi connectivity index (χ2n) is 1.65. The van der Waals surface area contributed by atoms with E-state index in [2.05, 4.69) is 6.07 Å². The Balaban J connectivity index is 0.000000236. The summed E-state index contributed by atoms with van der Waals surface area (Å²) in [5.41, 5.74) is 1.20. The van der Waals surface area contributed by atoms with Crippen LogP contribution < -0.4 is 0 Å². The Morgan fingerprint density at radius 3 is 2.20 bits per heavy atom. The Labute approximate surface area is 77.2 Å².